The highest BCUT2D eigenvalue weighted by Gasteiger charge is 2.32. The van der Waals surface area contributed by atoms with Gasteiger partial charge in [0.15, 0.2) is 0 Å². The van der Waals surface area contributed by atoms with E-state index in [1.807, 2.05) is 0 Å². The van der Waals surface area contributed by atoms with Gasteiger partial charge in [0, 0.05) is 18.1 Å². The third-order valence-electron chi connectivity index (χ3n) is 4.42. The third kappa shape index (κ3) is 2.76. The second-order valence-electron chi connectivity index (χ2n) is 5.81. The zero-order valence-corrected chi connectivity index (χ0v) is 11.8. The standard InChI is InChI=1S/C16H26N2/c1-12-8-7-11-18(14(12)3)16(13(2)17)15-9-5-4-6-10-15/h4-6,9-10,12-14,16H,7-8,11,17H2,1-3H3. The molecule has 2 N–H and O–H groups in total. The van der Waals surface area contributed by atoms with Crippen LogP contribution in [0.25, 0.3) is 0 Å². The van der Waals surface area contributed by atoms with Crippen LogP contribution < -0.4 is 5.73 Å². The fourth-order valence-electron chi connectivity index (χ4n) is 3.21. The van der Waals surface area contributed by atoms with Crippen LogP contribution in [0, 0.1) is 5.92 Å². The van der Waals surface area contributed by atoms with Crippen molar-refractivity contribution in [3.63, 3.8) is 0 Å². The van der Waals surface area contributed by atoms with E-state index in [1.54, 1.807) is 0 Å². The molecule has 2 heteroatoms. The maximum atomic E-state index is 6.27. The highest BCUT2D eigenvalue weighted by Crippen LogP contribution is 2.32. The van der Waals surface area contributed by atoms with E-state index in [0.717, 1.165) is 5.92 Å². The van der Waals surface area contributed by atoms with Crippen molar-refractivity contribution in [1.29, 1.82) is 0 Å². The van der Waals surface area contributed by atoms with Gasteiger partial charge in [-0.3, -0.25) is 4.90 Å². The highest BCUT2D eigenvalue weighted by molar-refractivity contribution is 5.21. The van der Waals surface area contributed by atoms with Crippen molar-refractivity contribution in [2.45, 2.75) is 51.7 Å². The van der Waals surface area contributed by atoms with Crippen LogP contribution in [0.2, 0.25) is 0 Å². The molecule has 0 saturated carbocycles. The van der Waals surface area contributed by atoms with Crippen molar-refractivity contribution >= 4 is 0 Å². The van der Waals surface area contributed by atoms with Crippen LogP contribution in [0.3, 0.4) is 0 Å². The minimum atomic E-state index is 0.167. The minimum Gasteiger partial charge on any atom is -0.326 e. The molecule has 1 heterocycles. The van der Waals surface area contributed by atoms with E-state index in [2.05, 4.69) is 56.0 Å². The lowest BCUT2D eigenvalue weighted by Gasteiger charge is -2.44. The lowest BCUT2D eigenvalue weighted by Crippen LogP contribution is -2.49. The van der Waals surface area contributed by atoms with Gasteiger partial charge in [0.25, 0.3) is 0 Å². The number of rotatable bonds is 3. The molecule has 4 atom stereocenters. The van der Waals surface area contributed by atoms with Crippen molar-refractivity contribution in [2.75, 3.05) is 6.54 Å². The molecule has 0 radical (unpaired) electrons. The van der Waals surface area contributed by atoms with E-state index >= 15 is 0 Å². The Bertz CT molecular complexity index is 361. The van der Waals surface area contributed by atoms with Gasteiger partial charge in [-0.05, 0) is 44.7 Å². The van der Waals surface area contributed by atoms with Crippen molar-refractivity contribution in [3.05, 3.63) is 35.9 Å². The topological polar surface area (TPSA) is 29.3 Å². The molecule has 1 fully saturated rings. The van der Waals surface area contributed by atoms with E-state index in [1.165, 1.54) is 24.9 Å². The van der Waals surface area contributed by atoms with Crippen LogP contribution in [-0.4, -0.2) is 23.5 Å². The van der Waals surface area contributed by atoms with Crippen molar-refractivity contribution in [1.82, 2.24) is 4.90 Å². The lowest BCUT2D eigenvalue weighted by atomic mass is 9.87. The molecule has 0 aliphatic carbocycles. The van der Waals surface area contributed by atoms with Crippen molar-refractivity contribution < 1.29 is 0 Å². The molecule has 0 amide bonds. The van der Waals surface area contributed by atoms with Gasteiger partial charge in [-0.1, -0.05) is 37.3 Å². The van der Waals surface area contributed by atoms with Crippen LogP contribution >= 0.6 is 0 Å². The summed E-state index contributed by atoms with van der Waals surface area (Å²) in [6, 6.07) is 11.9. The Morgan fingerprint density at radius 1 is 1.22 bits per heavy atom. The van der Waals surface area contributed by atoms with Crippen LogP contribution in [0.4, 0.5) is 0 Å². The summed E-state index contributed by atoms with van der Waals surface area (Å²) in [5.74, 6) is 0.767. The summed E-state index contributed by atoms with van der Waals surface area (Å²) in [4.78, 5) is 2.61. The maximum absolute atomic E-state index is 6.27. The zero-order chi connectivity index (χ0) is 13.1. The Morgan fingerprint density at radius 3 is 2.50 bits per heavy atom. The normalized spacial score (nSPS) is 28.9. The number of benzene rings is 1. The van der Waals surface area contributed by atoms with Gasteiger partial charge in [-0.15, -0.1) is 0 Å². The van der Waals surface area contributed by atoms with Crippen molar-refractivity contribution in [2.24, 2.45) is 11.7 Å². The summed E-state index contributed by atoms with van der Waals surface area (Å²) in [7, 11) is 0. The molecular formula is C16H26N2. The summed E-state index contributed by atoms with van der Waals surface area (Å²) in [5, 5.41) is 0. The van der Waals surface area contributed by atoms with Gasteiger partial charge >= 0.3 is 0 Å². The van der Waals surface area contributed by atoms with Gasteiger partial charge in [0.2, 0.25) is 0 Å². The molecule has 100 valence electrons. The molecule has 0 spiro atoms. The number of hydrogen-bond donors (Lipinski definition) is 1. The first-order valence-corrected chi connectivity index (χ1v) is 7.17. The molecule has 2 nitrogen and oxygen atoms in total. The van der Waals surface area contributed by atoms with Gasteiger partial charge in [0.05, 0.1) is 0 Å². The molecule has 1 aromatic rings. The summed E-state index contributed by atoms with van der Waals surface area (Å²) < 4.78 is 0. The summed E-state index contributed by atoms with van der Waals surface area (Å²) in [5.41, 5.74) is 7.62. The molecule has 4 unspecified atom stereocenters. The fourth-order valence-corrected chi connectivity index (χ4v) is 3.21. The third-order valence-corrected chi connectivity index (χ3v) is 4.42. The largest absolute Gasteiger partial charge is 0.326 e. The number of nitrogens with zero attached hydrogens (tertiary/aromatic N) is 1. The summed E-state index contributed by atoms with van der Waals surface area (Å²) >= 11 is 0. The lowest BCUT2D eigenvalue weighted by molar-refractivity contribution is 0.0579. The van der Waals surface area contributed by atoms with Crippen LogP contribution in [0.5, 0.6) is 0 Å². The number of piperidine rings is 1. The first-order valence-electron chi connectivity index (χ1n) is 7.17. The Labute approximate surface area is 111 Å². The number of nitrogens with two attached hydrogens (primary N) is 1. The van der Waals surface area contributed by atoms with E-state index in [-0.39, 0.29) is 6.04 Å². The molecule has 1 aliphatic rings. The van der Waals surface area contributed by atoms with Gasteiger partial charge in [-0.25, -0.2) is 0 Å². The van der Waals surface area contributed by atoms with Crippen LogP contribution in [-0.2, 0) is 0 Å². The quantitative estimate of drug-likeness (QED) is 0.887. The Hall–Kier alpha value is -0.860. The molecule has 1 aliphatic heterocycles. The SMILES string of the molecule is CC(N)C(c1ccccc1)N1CCCC(C)C1C. The average Bonchev–Trinajstić information content (AvgIpc) is 2.36. The molecule has 1 saturated heterocycles. The summed E-state index contributed by atoms with van der Waals surface area (Å²) in [6.07, 6.45) is 2.64. The number of hydrogen-bond acceptors (Lipinski definition) is 2. The van der Waals surface area contributed by atoms with E-state index in [9.17, 15) is 0 Å². The van der Waals surface area contributed by atoms with E-state index in [4.69, 9.17) is 5.73 Å². The predicted molar refractivity (Wildman–Crippen MR) is 77.4 cm³/mol. The maximum Gasteiger partial charge on any atom is 0.0499 e. The minimum absolute atomic E-state index is 0.167. The molecule has 0 aromatic heterocycles. The molecule has 0 bridgehead atoms. The Kier molecular flexibility index (Phi) is 4.41. The van der Waals surface area contributed by atoms with E-state index < -0.39 is 0 Å². The van der Waals surface area contributed by atoms with Crippen LogP contribution in [0.1, 0.15) is 45.2 Å². The Balaban J connectivity index is 2.25. The first-order chi connectivity index (χ1) is 8.61. The average molecular weight is 246 g/mol. The first kappa shape index (κ1) is 13.6. The van der Waals surface area contributed by atoms with Crippen LogP contribution in [0.15, 0.2) is 30.3 Å². The second kappa shape index (κ2) is 5.85. The highest BCUT2D eigenvalue weighted by atomic mass is 15.2. The summed E-state index contributed by atoms with van der Waals surface area (Å²) in [6.45, 7) is 8.01. The number of likely N-dealkylation sites (tertiary alicyclic amines) is 1. The monoisotopic (exact) mass is 246 g/mol. The molecule has 1 aromatic carbocycles. The fraction of sp³-hybridized carbons (Fsp3) is 0.625. The van der Waals surface area contributed by atoms with Crippen molar-refractivity contribution in [3.8, 4) is 0 Å². The smallest absolute Gasteiger partial charge is 0.0499 e. The molecular weight excluding hydrogens is 220 g/mol. The molecule has 2 rings (SSSR count). The second-order valence-corrected chi connectivity index (χ2v) is 5.81. The van der Waals surface area contributed by atoms with Gasteiger partial charge < -0.3 is 5.73 Å². The molecule has 18 heavy (non-hydrogen) atoms. The van der Waals surface area contributed by atoms with Gasteiger partial charge in [-0.2, -0.15) is 0 Å². The Morgan fingerprint density at radius 2 is 1.89 bits per heavy atom. The predicted octanol–water partition coefficient (Wildman–Crippen LogP) is 3.20. The zero-order valence-electron chi connectivity index (χ0n) is 11.8. The van der Waals surface area contributed by atoms with E-state index in [0.29, 0.717) is 12.1 Å². The van der Waals surface area contributed by atoms with Gasteiger partial charge in [0.1, 0.15) is 0 Å².